The van der Waals surface area contributed by atoms with Gasteiger partial charge in [0.05, 0.1) is 16.4 Å². The van der Waals surface area contributed by atoms with Gasteiger partial charge in [0.25, 0.3) is 0 Å². The van der Waals surface area contributed by atoms with E-state index in [0.717, 1.165) is 0 Å². The van der Waals surface area contributed by atoms with Gasteiger partial charge >= 0.3 is 23.9 Å². The number of carboxylic acids is 1. The standard InChI is InChI=1S/C31H41NO8/c1-8-30(4,5)28(36)39-23-16-15-21(18-24(23)40-29(37)31(6,7)9-2)22(25(32)26(33)34)17-19(3)38-27(35)20-13-11-10-12-14-20/h10-16,18-19,22,25H,8-9,17,32H2,1-7H3,(H,33,34)/t19?,22?,25-/m0/s1. The highest BCUT2D eigenvalue weighted by Crippen LogP contribution is 2.37. The molecule has 0 aromatic heterocycles. The third kappa shape index (κ3) is 8.39. The molecule has 2 unspecified atom stereocenters. The van der Waals surface area contributed by atoms with Gasteiger partial charge in [-0.1, -0.05) is 38.1 Å². The molecule has 0 aliphatic heterocycles. The largest absolute Gasteiger partial charge is 0.480 e. The Morgan fingerprint density at radius 1 is 0.850 bits per heavy atom. The minimum Gasteiger partial charge on any atom is -0.480 e. The van der Waals surface area contributed by atoms with Gasteiger partial charge in [0.15, 0.2) is 11.5 Å². The molecule has 0 fully saturated rings. The third-order valence-corrected chi connectivity index (χ3v) is 7.30. The first kappa shape index (κ1) is 32.5. The van der Waals surface area contributed by atoms with Crippen molar-refractivity contribution in [1.82, 2.24) is 0 Å². The molecule has 0 amide bonds. The summed E-state index contributed by atoms with van der Waals surface area (Å²) >= 11 is 0. The van der Waals surface area contributed by atoms with E-state index in [-0.39, 0.29) is 17.9 Å². The van der Waals surface area contributed by atoms with Crippen molar-refractivity contribution in [3.05, 3.63) is 59.7 Å². The van der Waals surface area contributed by atoms with E-state index in [1.165, 1.54) is 12.1 Å². The predicted octanol–water partition coefficient (Wildman–Crippen LogP) is 5.50. The second-order valence-corrected chi connectivity index (χ2v) is 11.2. The summed E-state index contributed by atoms with van der Waals surface area (Å²) in [4.78, 5) is 50.3. The Morgan fingerprint density at radius 3 is 1.88 bits per heavy atom. The van der Waals surface area contributed by atoms with Gasteiger partial charge in [0, 0.05) is 5.92 Å². The molecule has 3 atom stereocenters. The fourth-order valence-electron chi connectivity index (χ4n) is 3.58. The summed E-state index contributed by atoms with van der Waals surface area (Å²) in [7, 11) is 0. The Bertz CT molecular complexity index is 1210. The van der Waals surface area contributed by atoms with Crippen LogP contribution in [0, 0.1) is 10.8 Å². The molecule has 0 saturated heterocycles. The van der Waals surface area contributed by atoms with Crippen LogP contribution in [-0.4, -0.2) is 41.1 Å². The lowest BCUT2D eigenvalue weighted by molar-refractivity contribution is -0.147. The van der Waals surface area contributed by atoms with E-state index in [2.05, 4.69) is 0 Å². The van der Waals surface area contributed by atoms with Crippen LogP contribution in [-0.2, 0) is 19.1 Å². The van der Waals surface area contributed by atoms with E-state index in [9.17, 15) is 24.3 Å². The normalized spacial score (nSPS) is 14.0. The van der Waals surface area contributed by atoms with E-state index in [1.807, 2.05) is 13.8 Å². The molecule has 0 aliphatic carbocycles. The van der Waals surface area contributed by atoms with Crippen molar-refractivity contribution in [3.63, 3.8) is 0 Å². The Kier molecular flexibility index (Phi) is 11.0. The molecule has 9 heteroatoms. The summed E-state index contributed by atoms with van der Waals surface area (Å²) in [5.41, 5.74) is 5.26. The lowest BCUT2D eigenvalue weighted by Gasteiger charge is -2.27. The minimum atomic E-state index is -1.36. The first-order valence-electron chi connectivity index (χ1n) is 13.5. The smallest absolute Gasteiger partial charge is 0.338 e. The molecule has 0 bridgehead atoms. The van der Waals surface area contributed by atoms with Crippen LogP contribution in [0.25, 0.3) is 0 Å². The molecule has 40 heavy (non-hydrogen) atoms. The molecule has 0 aliphatic rings. The maximum Gasteiger partial charge on any atom is 0.338 e. The Balaban J connectivity index is 2.46. The monoisotopic (exact) mass is 555 g/mol. The van der Waals surface area contributed by atoms with E-state index in [4.69, 9.17) is 19.9 Å². The molecule has 2 rings (SSSR count). The Labute approximate surface area is 236 Å². The summed E-state index contributed by atoms with van der Waals surface area (Å²) in [6.45, 7) is 12.3. The molecule has 3 N–H and O–H groups in total. The number of nitrogens with two attached hydrogens (primary N) is 1. The summed E-state index contributed by atoms with van der Waals surface area (Å²) in [5, 5.41) is 9.74. The number of hydrogen-bond donors (Lipinski definition) is 2. The van der Waals surface area contributed by atoms with Crippen molar-refractivity contribution in [3.8, 4) is 11.5 Å². The molecule has 2 aromatic rings. The van der Waals surface area contributed by atoms with Crippen LogP contribution >= 0.6 is 0 Å². The fraction of sp³-hybridized carbons (Fsp3) is 0.484. The maximum atomic E-state index is 13.0. The number of carbonyl (C=O) groups excluding carboxylic acids is 3. The molecule has 2 aromatic carbocycles. The first-order valence-corrected chi connectivity index (χ1v) is 13.5. The van der Waals surface area contributed by atoms with Crippen LogP contribution in [0.15, 0.2) is 48.5 Å². The third-order valence-electron chi connectivity index (χ3n) is 7.30. The number of hydrogen-bond acceptors (Lipinski definition) is 8. The quantitative estimate of drug-likeness (QED) is 0.242. The van der Waals surface area contributed by atoms with Crippen LogP contribution in [0.1, 0.15) is 89.6 Å². The molecular formula is C31H41NO8. The Morgan fingerprint density at radius 2 is 1.38 bits per heavy atom. The van der Waals surface area contributed by atoms with E-state index in [1.54, 1.807) is 71.0 Å². The lowest BCUT2D eigenvalue weighted by atomic mass is 9.86. The van der Waals surface area contributed by atoms with Crippen molar-refractivity contribution in [2.24, 2.45) is 16.6 Å². The molecule has 0 heterocycles. The highest BCUT2D eigenvalue weighted by Gasteiger charge is 2.34. The van der Waals surface area contributed by atoms with Crippen LogP contribution in [0.5, 0.6) is 11.5 Å². The summed E-state index contributed by atoms with van der Waals surface area (Å²) in [5.74, 6) is -3.67. The van der Waals surface area contributed by atoms with Gasteiger partial charge < -0.3 is 25.1 Å². The van der Waals surface area contributed by atoms with Crippen LogP contribution in [0.3, 0.4) is 0 Å². The van der Waals surface area contributed by atoms with Crippen molar-refractivity contribution >= 4 is 23.9 Å². The van der Waals surface area contributed by atoms with Gasteiger partial charge in [0.1, 0.15) is 12.1 Å². The van der Waals surface area contributed by atoms with Gasteiger partial charge in [-0.25, -0.2) is 4.79 Å². The van der Waals surface area contributed by atoms with E-state index >= 15 is 0 Å². The highest BCUT2D eigenvalue weighted by atomic mass is 16.6. The van der Waals surface area contributed by atoms with Gasteiger partial charge in [-0.05, 0) is 83.7 Å². The van der Waals surface area contributed by atoms with Crippen molar-refractivity contribution in [1.29, 1.82) is 0 Å². The Hall–Kier alpha value is -3.72. The number of rotatable bonds is 13. The van der Waals surface area contributed by atoms with Gasteiger partial charge in [-0.2, -0.15) is 0 Å². The zero-order chi connectivity index (χ0) is 30.3. The van der Waals surface area contributed by atoms with E-state index < -0.39 is 52.8 Å². The minimum absolute atomic E-state index is 0.0270. The molecule has 218 valence electrons. The average molecular weight is 556 g/mol. The van der Waals surface area contributed by atoms with Crippen molar-refractivity contribution in [2.75, 3.05) is 0 Å². The number of benzene rings is 2. The number of ether oxygens (including phenoxy) is 3. The maximum absolute atomic E-state index is 13.0. The van der Waals surface area contributed by atoms with Crippen molar-refractivity contribution in [2.45, 2.75) is 85.8 Å². The number of carbonyl (C=O) groups is 4. The van der Waals surface area contributed by atoms with Crippen molar-refractivity contribution < 1.29 is 38.5 Å². The van der Waals surface area contributed by atoms with Crippen LogP contribution < -0.4 is 15.2 Å². The fourth-order valence-corrected chi connectivity index (χ4v) is 3.58. The van der Waals surface area contributed by atoms with Crippen LogP contribution in [0.2, 0.25) is 0 Å². The SMILES string of the molecule is CCC(C)(C)C(=O)Oc1ccc(C(CC(C)OC(=O)c2ccccc2)[C@H](N)C(=O)O)cc1OC(=O)C(C)(C)CC. The lowest BCUT2D eigenvalue weighted by Crippen LogP contribution is -2.38. The molecular weight excluding hydrogens is 514 g/mol. The first-order chi connectivity index (χ1) is 18.6. The van der Waals surface area contributed by atoms with E-state index in [0.29, 0.717) is 24.0 Å². The number of aliphatic carboxylic acids is 1. The van der Waals surface area contributed by atoms with Crippen LogP contribution in [0.4, 0.5) is 0 Å². The summed E-state index contributed by atoms with van der Waals surface area (Å²) < 4.78 is 16.9. The zero-order valence-electron chi connectivity index (χ0n) is 24.4. The summed E-state index contributed by atoms with van der Waals surface area (Å²) in [6, 6.07) is 11.6. The number of esters is 3. The second kappa shape index (κ2) is 13.6. The topological polar surface area (TPSA) is 142 Å². The molecule has 0 saturated carbocycles. The molecule has 9 nitrogen and oxygen atoms in total. The summed E-state index contributed by atoms with van der Waals surface area (Å²) in [6.07, 6.45) is 0.398. The zero-order valence-corrected chi connectivity index (χ0v) is 24.4. The van der Waals surface area contributed by atoms with Gasteiger partial charge in [-0.3, -0.25) is 14.4 Å². The highest BCUT2D eigenvalue weighted by molar-refractivity contribution is 5.89. The second-order valence-electron chi connectivity index (χ2n) is 11.2. The molecule has 0 spiro atoms. The predicted molar refractivity (Wildman–Crippen MR) is 150 cm³/mol. The molecule has 0 radical (unpaired) electrons. The van der Waals surface area contributed by atoms with Gasteiger partial charge in [-0.15, -0.1) is 0 Å². The van der Waals surface area contributed by atoms with Gasteiger partial charge in [0.2, 0.25) is 0 Å². The number of carboxylic acid groups (broad SMARTS) is 1. The average Bonchev–Trinajstić information content (AvgIpc) is 2.92.